The molecule has 0 aliphatic carbocycles. The Balaban J connectivity index is 1.84. The van der Waals surface area contributed by atoms with Gasteiger partial charge in [0.05, 0.1) is 0 Å². The number of hydrogen-bond acceptors (Lipinski definition) is 5. The van der Waals surface area contributed by atoms with Crippen molar-refractivity contribution in [3.63, 3.8) is 0 Å². The number of piperidine rings is 1. The van der Waals surface area contributed by atoms with Gasteiger partial charge in [0, 0.05) is 33.1 Å². The van der Waals surface area contributed by atoms with Gasteiger partial charge in [-0.1, -0.05) is 0 Å². The van der Waals surface area contributed by atoms with Gasteiger partial charge >= 0.3 is 0 Å². The second-order valence-corrected chi connectivity index (χ2v) is 5.19. The van der Waals surface area contributed by atoms with Gasteiger partial charge < -0.3 is 15.5 Å². The van der Waals surface area contributed by atoms with Crippen LogP contribution in [-0.2, 0) is 16.1 Å². The second-order valence-electron chi connectivity index (χ2n) is 5.19. The van der Waals surface area contributed by atoms with Crippen molar-refractivity contribution in [1.82, 2.24) is 24.6 Å². The number of nitrogens with zero attached hydrogens (tertiary/aromatic N) is 5. The first-order valence-electron chi connectivity index (χ1n) is 6.61. The lowest BCUT2D eigenvalue weighted by atomic mass is 9.95. The maximum atomic E-state index is 12.1. The van der Waals surface area contributed by atoms with Crippen LogP contribution in [0.5, 0.6) is 0 Å². The molecule has 0 bridgehead atoms. The molecule has 0 spiro atoms. The lowest BCUT2D eigenvalue weighted by Crippen LogP contribution is -2.43. The Morgan fingerprint density at radius 3 is 2.55 bits per heavy atom. The fraction of sp³-hybridized carbons (Fsp3) is 0.667. The first-order chi connectivity index (χ1) is 9.47. The van der Waals surface area contributed by atoms with E-state index in [1.54, 1.807) is 23.9 Å². The Labute approximate surface area is 117 Å². The van der Waals surface area contributed by atoms with Crippen LogP contribution in [0.15, 0.2) is 6.33 Å². The summed E-state index contributed by atoms with van der Waals surface area (Å²) >= 11 is 0. The SMILES string of the molecule is CN(C)C(=O)C1CCN(C(=O)Cn2cnc(N)n2)CC1. The van der Waals surface area contributed by atoms with Gasteiger partial charge in [-0.25, -0.2) is 9.67 Å². The van der Waals surface area contributed by atoms with Crippen molar-refractivity contribution in [1.29, 1.82) is 0 Å². The van der Waals surface area contributed by atoms with Crippen molar-refractivity contribution < 1.29 is 9.59 Å². The number of anilines is 1. The fourth-order valence-electron chi connectivity index (χ4n) is 2.36. The number of hydrogen-bond donors (Lipinski definition) is 1. The van der Waals surface area contributed by atoms with E-state index >= 15 is 0 Å². The summed E-state index contributed by atoms with van der Waals surface area (Å²) in [5.74, 6) is 0.302. The Kier molecular flexibility index (Phi) is 4.21. The number of nitrogen functional groups attached to an aromatic ring is 1. The van der Waals surface area contributed by atoms with Crippen LogP contribution in [0.1, 0.15) is 12.8 Å². The summed E-state index contributed by atoms with van der Waals surface area (Å²) in [5, 5.41) is 3.89. The number of rotatable bonds is 3. The van der Waals surface area contributed by atoms with Gasteiger partial charge in [0.25, 0.3) is 0 Å². The molecule has 2 N–H and O–H groups in total. The number of carbonyl (C=O) groups excluding carboxylic acids is 2. The third-order valence-corrected chi connectivity index (χ3v) is 3.49. The quantitative estimate of drug-likeness (QED) is 0.780. The van der Waals surface area contributed by atoms with E-state index in [1.807, 2.05) is 0 Å². The molecule has 1 saturated heterocycles. The smallest absolute Gasteiger partial charge is 0.244 e. The first kappa shape index (κ1) is 14.3. The van der Waals surface area contributed by atoms with Crippen LogP contribution < -0.4 is 5.73 Å². The van der Waals surface area contributed by atoms with E-state index in [4.69, 9.17) is 5.73 Å². The van der Waals surface area contributed by atoms with Crippen LogP contribution in [-0.4, -0.2) is 63.6 Å². The predicted molar refractivity (Wildman–Crippen MR) is 72.4 cm³/mol. The van der Waals surface area contributed by atoms with Gasteiger partial charge in [0.1, 0.15) is 12.9 Å². The minimum Gasteiger partial charge on any atom is -0.367 e. The summed E-state index contributed by atoms with van der Waals surface area (Å²) in [6.45, 7) is 1.34. The predicted octanol–water partition coefficient (Wildman–Crippen LogP) is -0.813. The van der Waals surface area contributed by atoms with Crippen molar-refractivity contribution in [2.45, 2.75) is 19.4 Å². The topological polar surface area (TPSA) is 97.4 Å². The lowest BCUT2D eigenvalue weighted by molar-refractivity contribution is -0.139. The summed E-state index contributed by atoms with van der Waals surface area (Å²) in [5.41, 5.74) is 5.40. The third-order valence-electron chi connectivity index (χ3n) is 3.49. The number of likely N-dealkylation sites (tertiary alicyclic amines) is 1. The Hall–Kier alpha value is -2.12. The summed E-state index contributed by atoms with van der Waals surface area (Å²) in [4.78, 5) is 31.1. The van der Waals surface area contributed by atoms with E-state index in [1.165, 1.54) is 11.0 Å². The van der Waals surface area contributed by atoms with E-state index in [-0.39, 0.29) is 30.2 Å². The zero-order valence-electron chi connectivity index (χ0n) is 11.8. The number of nitrogens with two attached hydrogens (primary N) is 1. The molecule has 110 valence electrons. The van der Waals surface area contributed by atoms with Crippen molar-refractivity contribution in [3.8, 4) is 0 Å². The Morgan fingerprint density at radius 1 is 1.40 bits per heavy atom. The van der Waals surface area contributed by atoms with Crippen molar-refractivity contribution >= 4 is 17.8 Å². The highest BCUT2D eigenvalue weighted by Crippen LogP contribution is 2.19. The van der Waals surface area contributed by atoms with Crippen molar-refractivity contribution in [2.24, 2.45) is 5.92 Å². The minimum absolute atomic E-state index is 0.0225. The normalized spacial score (nSPS) is 16.2. The Morgan fingerprint density at radius 2 is 2.05 bits per heavy atom. The van der Waals surface area contributed by atoms with Gasteiger partial charge in [0.2, 0.25) is 17.8 Å². The maximum absolute atomic E-state index is 12.1. The lowest BCUT2D eigenvalue weighted by Gasteiger charge is -2.32. The van der Waals surface area contributed by atoms with Crippen LogP contribution in [0.3, 0.4) is 0 Å². The van der Waals surface area contributed by atoms with Gasteiger partial charge in [0.15, 0.2) is 0 Å². The molecule has 8 nitrogen and oxygen atoms in total. The fourth-order valence-corrected chi connectivity index (χ4v) is 2.36. The third kappa shape index (κ3) is 3.25. The maximum Gasteiger partial charge on any atom is 0.244 e. The highest BCUT2D eigenvalue weighted by Gasteiger charge is 2.28. The van der Waals surface area contributed by atoms with Gasteiger partial charge in [-0.3, -0.25) is 9.59 Å². The largest absolute Gasteiger partial charge is 0.367 e. The minimum atomic E-state index is -0.0225. The molecule has 2 heterocycles. The van der Waals surface area contributed by atoms with Crippen LogP contribution >= 0.6 is 0 Å². The average molecular weight is 280 g/mol. The molecule has 1 aliphatic rings. The number of amides is 2. The summed E-state index contributed by atoms with van der Waals surface area (Å²) in [7, 11) is 3.52. The van der Waals surface area contributed by atoms with Crippen LogP contribution in [0, 0.1) is 5.92 Å². The van der Waals surface area contributed by atoms with Crippen molar-refractivity contribution in [2.75, 3.05) is 32.9 Å². The molecule has 1 aromatic rings. The molecule has 2 rings (SSSR count). The van der Waals surface area contributed by atoms with Gasteiger partial charge in [-0.05, 0) is 12.8 Å². The molecule has 1 aromatic heterocycles. The molecule has 0 atom stereocenters. The molecule has 1 aliphatic heterocycles. The molecule has 20 heavy (non-hydrogen) atoms. The molecule has 1 fully saturated rings. The molecule has 8 heteroatoms. The van der Waals surface area contributed by atoms with Crippen molar-refractivity contribution in [3.05, 3.63) is 6.33 Å². The van der Waals surface area contributed by atoms with E-state index in [0.717, 1.165) is 0 Å². The highest BCUT2D eigenvalue weighted by molar-refractivity contribution is 5.79. The zero-order valence-corrected chi connectivity index (χ0v) is 11.8. The average Bonchev–Trinajstić information content (AvgIpc) is 2.83. The summed E-state index contributed by atoms with van der Waals surface area (Å²) in [6, 6.07) is 0. The molecule has 0 radical (unpaired) electrons. The monoisotopic (exact) mass is 280 g/mol. The molecule has 2 amide bonds. The zero-order chi connectivity index (χ0) is 14.7. The standard InChI is InChI=1S/C12H20N6O2/c1-16(2)11(20)9-3-5-17(6-4-9)10(19)7-18-8-14-12(13)15-18/h8-9H,3-7H2,1-2H3,(H2,13,15). The van der Waals surface area contributed by atoms with E-state index in [9.17, 15) is 9.59 Å². The van der Waals surface area contributed by atoms with Gasteiger partial charge in [-0.15, -0.1) is 5.10 Å². The van der Waals surface area contributed by atoms with Crippen LogP contribution in [0.25, 0.3) is 0 Å². The van der Waals surface area contributed by atoms with E-state index < -0.39 is 0 Å². The number of carbonyl (C=O) groups is 2. The van der Waals surface area contributed by atoms with Crippen LogP contribution in [0.4, 0.5) is 5.95 Å². The highest BCUT2D eigenvalue weighted by atomic mass is 16.2. The van der Waals surface area contributed by atoms with Crippen LogP contribution in [0.2, 0.25) is 0 Å². The first-order valence-corrected chi connectivity index (χ1v) is 6.61. The Bertz CT molecular complexity index is 490. The molecule has 0 aromatic carbocycles. The van der Waals surface area contributed by atoms with E-state index in [0.29, 0.717) is 25.9 Å². The molecular weight excluding hydrogens is 260 g/mol. The molecule has 0 unspecified atom stereocenters. The van der Waals surface area contributed by atoms with Gasteiger partial charge in [-0.2, -0.15) is 0 Å². The second kappa shape index (κ2) is 5.89. The summed E-state index contributed by atoms with van der Waals surface area (Å²) < 4.78 is 1.43. The summed E-state index contributed by atoms with van der Waals surface area (Å²) in [6.07, 6.45) is 2.86. The number of aromatic nitrogens is 3. The molecule has 0 saturated carbocycles. The van der Waals surface area contributed by atoms with E-state index in [2.05, 4.69) is 10.1 Å². The molecular formula is C12H20N6O2.